The lowest BCUT2D eigenvalue weighted by molar-refractivity contribution is -0.146. The van der Waals surface area contributed by atoms with Gasteiger partial charge in [0.2, 0.25) is 5.91 Å². The van der Waals surface area contributed by atoms with Crippen molar-refractivity contribution in [1.29, 1.82) is 0 Å². The van der Waals surface area contributed by atoms with E-state index in [0.29, 0.717) is 0 Å². The Morgan fingerprint density at radius 2 is 2.00 bits per heavy atom. The van der Waals surface area contributed by atoms with Crippen LogP contribution in [0.4, 0.5) is 0 Å². The number of aliphatic carboxylic acids is 1. The Bertz CT molecular complexity index is 230. The molecule has 6 heteroatoms. The number of nitrogens with two attached hydrogens (primary N) is 1. The van der Waals surface area contributed by atoms with Gasteiger partial charge in [-0.3, -0.25) is 14.5 Å². The van der Waals surface area contributed by atoms with Gasteiger partial charge in [0.25, 0.3) is 0 Å². The topological polar surface area (TPSA) is 92.9 Å². The number of rotatable bonds is 7. The second-order valence-electron chi connectivity index (χ2n) is 3.54. The van der Waals surface area contributed by atoms with Gasteiger partial charge < -0.3 is 15.6 Å². The highest BCUT2D eigenvalue weighted by Crippen LogP contribution is 2.06. The highest BCUT2D eigenvalue weighted by Gasteiger charge is 2.28. The van der Waals surface area contributed by atoms with Gasteiger partial charge in [-0.25, -0.2) is 0 Å². The molecule has 1 amide bonds. The first kappa shape index (κ1) is 13.9. The quantitative estimate of drug-likeness (QED) is 0.588. The van der Waals surface area contributed by atoms with Crippen LogP contribution in [0.1, 0.15) is 13.8 Å². The summed E-state index contributed by atoms with van der Waals surface area (Å²) in [6.07, 6.45) is 0. The molecule has 0 aliphatic carbocycles. The zero-order chi connectivity index (χ0) is 12.0. The minimum atomic E-state index is -1.02. The Labute approximate surface area is 89.0 Å². The van der Waals surface area contributed by atoms with Crippen LogP contribution in [-0.2, 0) is 14.3 Å². The van der Waals surface area contributed by atoms with Crippen molar-refractivity contribution in [2.75, 3.05) is 20.3 Å². The van der Waals surface area contributed by atoms with E-state index < -0.39 is 17.9 Å². The lowest BCUT2D eigenvalue weighted by Gasteiger charge is -2.30. The number of primary amides is 1. The minimum absolute atomic E-state index is 0.0286. The Balaban J connectivity index is 4.66. The van der Waals surface area contributed by atoms with E-state index in [-0.39, 0.29) is 19.2 Å². The van der Waals surface area contributed by atoms with E-state index in [2.05, 4.69) is 0 Å². The maximum Gasteiger partial charge on any atom is 0.323 e. The molecule has 0 rings (SSSR count). The SMILES string of the molecule is COCC(C(=O)O)N(CC(N)=O)C(C)C. The summed E-state index contributed by atoms with van der Waals surface area (Å²) in [5.41, 5.74) is 5.05. The van der Waals surface area contributed by atoms with Gasteiger partial charge in [-0.15, -0.1) is 0 Å². The molecule has 0 bridgehead atoms. The number of hydrogen-bond acceptors (Lipinski definition) is 4. The molecule has 1 unspecified atom stereocenters. The lowest BCUT2D eigenvalue weighted by Crippen LogP contribution is -2.51. The van der Waals surface area contributed by atoms with Crippen LogP contribution in [0.5, 0.6) is 0 Å². The molecule has 88 valence electrons. The highest BCUT2D eigenvalue weighted by molar-refractivity contribution is 5.78. The van der Waals surface area contributed by atoms with Gasteiger partial charge in [-0.2, -0.15) is 0 Å². The highest BCUT2D eigenvalue weighted by atomic mass is 16.5. The van der Waals surface area contributed by atoms with Crippen molar-refractivity contribution >= 4 is 11.9 Å². The Morgan fingerprint density at radius 1 is 1.47 bits per heavy atom. The van der Waals surface area contributed by atoms with Crippen LogP contribution in [0.25, 0.3) is 0 Å². The smallest absolute Gasteiger partial charge is 0.323 e. The first-order chi connectivity index (χ1) is 6.90. The van der Waals surface area contributed by atoms with Crippen molar-refractivity contribution in [3.05, 3.63) is 0 Å². The normalized spacial score (nSPS) is 13.1. The second kappa shape index (κ2) is 6.36. The first-order valence-corrected chi connectivity index (χ1v) is 4.66. The predicted molar refractivity (Wildman–Crippen MR) is 54.3 cm³/mol. The van der Waals surface area contributed by atoms with E-state index in [4.69, 9.17) is 15.6 Å². The number of hydrogen-bond donors (Lipinski definition) is 2. The van der Waals surface area contributed by atoms with E-state index >= 15 is 0 Å². The lowest BCUT2D eigenvalue weighted by atomic mass is 10.2. The molecule has 0 fully saturated rings. The van der Waals surface area contributed by atoms with E-state index in [1.165, 1.54) is 12.0 Å². The molecule has 0 aliphatic heterocycles. The minimum Gasteiger partial charge on any atom is -0.480 e. The molecular weight excluding hydrogens is 200 g/mol. The third kappa shape index (κ3) is 4.75. The van der Waals surface area contributed by atoms with Crippen molar-refractivity contribution in [2.45, 2.75) is 25.9 Å². The van der Waals surface area contributed by atoms with Crippen LogP contribution in [-0.4, -0.2) is 54.2 Å². The average Bonchev–Trinajstić information content (AvgIpc) is 2.09. The number of nitrogens with zero attached hydrogens (tertiary/aromatic N) is 1. The van der Waals surface area contributed by atoms with E-state index in [1.54, 1.807) is 13.8 Å². The fourth-order valence-electron chi connectivity index (χ4n) is 1.30. The van der Waals surface area contributed by atoms with Crippen molar-refractivity contribution in [3.63, 3.8) is 0 Å². The van der Waals surface area contributed by atoms with Gasteiger partial charge in [0.05, 0.1) is 13.2 Å². The molecule has 3 N–H and O–H groups in total. The van der Waals surface area contributed by atoms with Crippen LogP contribution >= 0.6 is 0 Å². The number of methoxy groups -OCH3 is 1. The fourth-order valence-corrected chi connectivity index (χ4v) is 1.30. The summed E-state index contributed by atoms with van der Waals surface area (Å²) >= 11 is 0. The summed E-state index contributed by atoms with van der Waals surface area (Å²) in [7, 11) is 1.42. The van der Waals surface area contributed by atoms with Crippen LogP contribution in [0.2, 0.25) is 0 Å². The van der Waals surface area contributed by atoms with Gasteiger partial charge in [0.15, 0.2) is 0 Å². The maximum absolute atomic E-state index is 10.9. The molecule has 1 atom stereocenters. The number of carboxylic acids is 1. The molecule has 0 saturated heterocycles. The van der Waals surface area contributed by atoms with Crippen molar-refractivity contribution < 1.29 is 19.4 Å². The average molecular weight is 218 g/mol. The molecule has 0 aromatic rings. The summed E-state index contributed by atoms with van der Waals surface area (Å²) in [5, 5.41) is 8.96. The zero-order valence-electron chi connectivity index (χ0n) is 9.27. The molecule has 0 spiro atoms. The number of carboxylic acid groups (broad SMARTS) is 1. The summed E-state index contributed by atoms with van der Waals surface area (Å²) < 4.78 is 4.80. The van der Waals surface area contributed by atoms with Crippen LogP contribution in [0.15, 0.2) is 0 Å². The Hall–Kier alpha value is -1.14. The van der Waals surface area contributed by atoms with Crippen LogP contribution < -0.4 is 5.73 Å². The monoisotopic (exact) mass is 218 g/mol. The summed E-state index contributed by atoms with van der Waals surface area (Å²) in [6.45, 7) is 3.54. The number of amides is 1. The number of carbonyl (C=O) groups is 2. The predicted octanol–water partition coefficient (Wildman–Crippen LogP) is -0.718. The molecule has 6 nitrogen and oxygen atoms in total. The maximum atomic E-state index is 10.9. The van der Waals surface area contributed by atoms with E-state index in [0.717, 1.165) is 0 Å². The van der Waals surface area contributed by atoms with Crippen LogP contribution in [0.3, 0.4) is 0 Å². The van der Waals surface area contributed by atoms with Crippen molar-refractivity contribution in [3.8, 4) is 0 Å². The molecule has 0 aromatic carbocycles. The van der Waals surface area contributed by atoms with E-state index in [1.807, 2.05) is 0 Å². The summed E-state index contributed by atoms with van der Waals surface area (Å²) in [5.74, 6) is -1.57. The molecule has 0 saturated carbocycles. The third-order valence-electron chi connectivity index (χ3n) is 2.01. The molecule has 15 heavy (non-hydrogen) atoms. The van der Waals surface area contributed by atoms with Gasteiger partial charge >= 0.3 is 5.97 Å². The number of ether oxygens (including phenoxy) is 1. The second-order valence-corrected chi connectivity index (χ2v) is 3.54. The van der Waals surface area contributed by atoms with Gasteiger partial charge in [-0.1, -0.05) is 0 Å². The molecule has 0 radical (unpaired) electrons. The van der Waals surface area contributed by atoms with Crippen molar-refractivity contribution in [2.24, 2.45) is 5.73 Å². The largest absolute Gasteiger partial charge is 0.480 e. The molecule has 0 heterocycles. The standard InChI is InChI=1S/C9H18N2O4/c1-6(2)11(4-8(10)12)7(5-15-3)9(13)14/h6-7H,4-5H2,1-3H3,(H2,10,12)(H,13,14). The third-order valence-corrected chi connectivity index (χ3v) is 2.01. The molecule has 0 aromatic heterocycles. The fraction of sp³-hybridized carbons (Fsp3) is 0.778. The van der Waals surface area contributed by atoms with Crippen LogP contribution in [0, 0.1) is 0 Å². The van der Waals surface area contributed by atoms with E-state index in [9.17, 15) is 9.59 Å². The van der Waals surface area contributed by atoms with Gasteiger partial charge in [0, 0.05) is 13.2 Å². The first-order valence-electron chi connectivity index (χ1n) is 4.66. The molecule has 0 aliphatic rings. The zero-order valence-corrected chi connectivity index (χ0v) is 9.27. The van der Waals surface area contributed by atoms with Gasteiger partial charge in [0.1, 0.15) is 6.04 Å². The Kier molecular flexibility index (Phi) is 5.88. The summed E-state index contributed by atoms with van der Waals surface area (Å²) in [6, 6.07) is -0.934. The van der Waals surface area contributed by atoms with Gasteiger partial charge in [-0.05, 0) is 13.8 Å². The molecular formula is C9H18N2O4. The number of carbonyl (C=O) groups excluding carboxylic acids is 1. The Morgan fingerprint density at radius 3 is 2.27 bits per heavy atom. The summed E-state index contributed by atoms with van der Waals surface area (Å²) in [4.78, 5) is 23.2. The van der Waals surface area contributed by atoms with Crippen molar-refractivity contribution in [1.82, 2.24) is 4.90 Å².